The van der Waals surface area contributed by atoms with Crippen LogP contribution in [0.15, 0.2) is 52.9 Å². The van der Waals surface area contributed by atoms with E-state index in [9.17, 15) is 9.90 Å². The van der Waals surface area contributed by atoms with Crippen LogP contribution in [0, 0.1) is 6.92 Å². The Kier molecular flexibility index (Phi) is 4.39. The molecule has 0 radical (unpaired) electrons. The van der Waals surface area contributed by atoms with Crippen molar-refractivity contribution in [3.8, 4) is 5.75 Å². The number of hydrogen-bond donors (Lipinski definition) is 2. The molecule has 1 aliphatic rings. The summed E-state index contributed by atoms with van der Waals surface area (Å²) in [6, 6.07) is 15.5. The molecule has 26 heavy (non-hydrogen) atoms. The molecule has 5 heteroatoms. The zero-order valence-corrected chi connectivity index (χ0v) is 14.6. The number of hydrogen-bond acceptors (Lipinski definition) is 4. The van der Waals surface area contributed by atoms with E-state index in [-0.39, 0.29) is 18.1 Å². The average Bonchev–Trinajstić information content (AvgIpc) is 2.94. The lowest BCUT2D eigenvalue weighted by molar-refractivity contribution is 0.0563. The predicted octanol–water partition coefficient (Wildman–Crippen LogP) is 3.57. The van der Waals surface area contributed by atoms with Gasteiger partial charge in [0.1, 0.15) is 23.7 Å². The fourth-order valence-corrected chi connectivity index (χ4v) is 3.28. The number of ether oxygens (including phenoxy) is 1. The Hall–Kier alpha value is -2.79. The zero-order chi connectivity index (χ0) is 18.1. The molecular weight excluding hydrogens is 330 g/mol. The van der Waals surface area contributed by atoms with Gasteiger partial charge >= 0.3 is 0 Å². The van der Waals surface area contributed by atoms with Crippen molar-refractivity contribution in [2.45, 2.75) is 38.5 Å². The van der Waals surface area contributed by atoms with Gasteiger partial charge in [0, 0.05) is 11.4 Å². The predicted molar refractivity (Wildman–Crippen MR) is 98.2 cm³/mol. The summed E-state index contributed by atoms with van der Waals surface area (Å²) in [7, 11) is 0. The first-order valence-electron chi connectivity index (χ1n) is 8.79. The lowest BCUT2D eigenvalue weighted by Gasteiger charge is -2.31. The van der Waals surface area contributed by atoms with Crippen LogP contribution in [0.2, 0.25) is 0 Å². The second-order valence-corrected chi connectivity index (χ2v) is 6.76. The standard InChI is InChI=1S/C21H21NO4/c1-13-20(21(24)22-15-9-16(23)10-15)18-11-17(7-8-19(18)26-13)25-12-14-5-3-2-4-6-14/h2-8,11,15-16,23H,9-10,12H2,1H3,(H,22,24). The van der Waals surface area contributed by atoms with E-state index >= 15 is 0 Å². The van der Waals surface area contributed by atoms with E-state index < -0.39 is 0 Å². The Balaban J connectivity index is 1.55. The number of nitrogens with one attached hydrogen (secondary N) is 1. The van der Waals surface area contributed by atoms with Gasteiger partial charge in [0.05, 0.1) is 11.7 Å². The van der Waals surface area contributed by atoms with Crippen LogP contribution < -0.4 is 10.1 Å². The first kappa shape index (κ1) is 16.7. The minimum atomic E-state index is -0.305. The summed E-state index contributed by atoms with van der Waals surface area (Å²) in [6.07, 6.45) is 0.901. The molecule has 0 atom stereocenters. The Morgan fingerprint density at radius 2 is 2.00 bits per heavy atom. The summed E-state index contributed by atoms with van der Waals surface area (Å²) < 4.78 is 11.6. The van der Waals surface area contributed by atoms with E-state index in [0.29, 0.717) is 42.1 Å². The minimum absolute atomic E-state index is 0.0272. The van der Waals surface area contributed by atoms with Crippen molar-refractivity contribution in [1.29, 1.82) is 0 Å². The van der Waals surface area contributed by atoms with Gasteiger partial charge in [-0.15, -0.1) is 0 Å². The topological polar surface area (TPSA) is 71.7 Å². The van der Waals surface area contributed by atoms with Gasteiger partial charge in [-0.25, -0.2) is 0 Å². The van der Waals surface area contributed by atoms with Crippen molar-refractivity contribution < 1.29 is 19.1 Å². The molecule has 0 bridgehead atoms. The minimum Gasteiger partial charge on any atom is -0.489 e. The van der Waals surface area contributed by atoms with Gasteiger partial charge in [-0.2, -0.15) is 0 Å². The van der Waals surface area contributed by atoms with Crippen molar-refractivity contribution in [3.05, 3.63) is 65.4 Å². The molecule has 0 spiro atoms. The van der Waals surface area contributed by atoms with Crippen LogP contribution in [0.4, 0.5) is 0 Å². The van der Waals surface area contributed by atoms with Gasteiger partial charge in [0.15, 0.2) is 0 Å². The van der Waals surface area contributed by atoms with Gasteiger partial charge in [-0.05, 0) is 43.5 Å². The largest absolute Gasteiger partial charge is 0.489 e. The highest BCUT2D eigenvalue weighted by molar-refractivity contribution is 6.07. The number of aryl methyl sites for hydroxylation is 1. The molecular formula is C21H21NO4. The fraction of sp³-hybridized carbons (Fsp3) is 0.286. The maximum absolute atomic E-state index is 12.6. The summed E-state index contributed by atoms with van der Waals surface area (Å²) in [5.41, 5.74) is 2.28. The normalized spacial score (nSPS) is 19.2. The number of aliphatic hydroxyl groups excluding tert-OH is 1. The summed E-state index contributed by atoms with van der Waals surface area (Å²) in [5.74, 6) is 1.10. The average molecular weight is 351 g/mol. The number of aliphatic hydroxyl groups is 1. The SMILES string of the molecule is Cc1oc2ccc(OCc3ccccc3)cc2c1C(=O)NC1CC(O)C1. The number of rotatable bonds is 5. The Morgan fingerprint density at radius 3 is 2.73 bits per heavy atom. The lowest BCUT2D eigenvalue weighted by Crippen LogP contribution is -2.46. The van der Waals surface area contributed by atoms with Gasteiger partial charge in [0.2, 0.25) is 0 Å². The third-order valence-corrected chi connectivity index (χ3v) is 4.76. The highest BCUT2D eigenvalue weighted by atomic mass is 16.5. The number of furan rings is 1. The summed E-state index contributed by atoms with van der Waals surface area (Å²) in [5, 5.41) is 13.1. The van der Waals surface area contributed by atoms with E-state index in [0.717, 1.165) is 10.9 Å². The fourth-order valence-electron chi connectivity index (χ4n) is 3.28. The molecule has 1 amide bonds. The number of amides is 1. The smallest absolute Gasteiger partial charge is 0.255 e. The Morgan fingerprint density at radius 1 is 1.23 bits per heavy atom. The summed E-state index contributed by atoms with van der Waals surface area (Å²) in [4.78, 5) is 12.6. The van der Waals surface area contributed by atoms with Crippen molar-refractivity contribution in [2.24, 2.45) is 0 Å². The maximum Gasteiger partial charge on any atom is 0.255 e. The maximum atomic E-state index is 12.6. The van der Waals surface area contributed by atoms with Crippen LogP contribution in [0.3, 0.4) is 0 Å². The van der Waals surface area contributed by atoms with Gasteiger partial charge < -0.3 is 19.6 Å². The van der Waals surface area contributed by atoms with Gasteiger partial charge in [-0.3, -0.25) is 4.79 Å². The molecule has 134 valence electrons. The molecule has 1 aliphatic carbocycles. The molecule has 2 aromatic carbocycles. The number of carbonyl (C=O) groups is 1. The van der Waals surface area contributed by atoms with Crippen molar-refractivity contribution in [2.75, 3.05) is 0 Å². The van der Waals surface area contributed by atoms with Crippen LogP contribution in [-0.4, -0.2) is 23.2 Å². The molecule has 0 aliphatic heterocycles. The number of fused-ring (bicyclic) bond motifs is 1. The van der Waals surface area contributed by atoms with Crippen LogP contribution in [0.5, 0.6) is 5.75 Å². The Labute approximate surface area is 151 Å². The van der Waals surface area contributed by atoms with E-state index in [4.69, 9.17) is 9.15 Å². The molecule has 1 heterocycles. The molecule has 4 rings (SSSR count). The third-order valence-electron chi connectivity index (χ3n) is 4.76. The summed E-state index contributed by atoms with van der Waals surface area (Å²) >= 11 is 0. The van der Waals surface area contributed by atoms with Crippen LogP contribution in [-0.2, 0) is 6.61 Å². The second-order valence-electron chi connectivity index (χ2n) is 6.76. The molecule has 1 fully saturated rings. The first-order chi connectivity index (χ1) is 12.6. The molecule has 5 nitrogen and oxygen atoms in total. The monoisotopic (exact) mass is 351 g/mol. The third kappa shape index (κ3) is 3.30. The van der Waals surface area contributed by atoms with Crippen LogP contribution >= 0.6 is 0 Å². The quantitative estimate of drug-likeness (QED) is 0.737. The van der Waals surface area contributed by atoms with Gasteiger partial charge in [-0.1, -0.05) is 30.3 Å². The first-order valence-corrected chi connectivity index (χ1v) is 8.79. The van der Waals surface area contributed by atoms with Crippen molar-refractivity contribution in [1.82, 2.24) is 5.32 Å². The molecule has 1 saturated carbocycles. The van der Waals surface area contributed by atoms with Crippen molar-refractivity contribution in [3.63, 3.8) is 0 Å². The van der Waals surface area contributed by atoms with E-state index in [2.05, 4.69) is 5.32 Å². The number of benzene rings is 2. The number of carbonyl (C=O) groups excluding carboxylic acids is 1. The van der Waals surface area contributed by atoms with E-state index in [1.165, 1.54) is 0 Å². The molecule has 2 N–H and O–H groups in total. The van der Waals surface area contributed by atoms with E-state index in [1.54, 1.807) is 6.92 Å². The molecule has 0 unspecified atom stereocenters. The van der Waals surface area contributed by atoms with Crippen LogP contribution in [0.25, 0.3) is 11.0 Å². The van der Waals surface area contributed by atoms with Gasteiger partial charge in [0.25, 0.3) is 5.91 Å². The zero-order valence-electron chi connectivity index (χ0n) is 14.6. The van der Waals surface area contributed by atoms with E-state index in [1.807, 2.05) is 48.5 Å². The molecule has 0 saturated heterocycles. The molecule has 1 aromatic heterocycles. The second kappa shape index (κ2) is 6.84. The Bertz CT molecular complexity index is 926. The molecule has 3 aromatic rings. The van der Waals surface area contributed by atoms with Crippen molar-refractivity contribution >= 4 is 16.9 Å². The summed E-state index contributed by atoms with van der Waals surface area (Å²) in [6.45, 7) is 2.25. The highest BCUT2D eigenvalue weighted by Crippen LogP contribution is 2.30. The lowest BCUT2D eigenvalue weighted by atomic mass is 9.89. The van der Waals surface area contributed by atoms with Crippen LogP contribution in [0.1, 0.15) is 34.5 Å². The highest BCUT2D eigenvalue weighted by Gasteiger charge is 2.30.